The Morgan fingerprint density at radius 2 is 1.79 bits per heavy atom. The second-order valence-corrected chi connectivity index (χ2v) is 16.1. The van der Waals surface area contributed by atoms with Gasteiger partial charge in [0.2, 0.25) is 5.91 Å². The van der Waals surface area contributed by atoms with Gasteiger partial charge in [-0.05, 0) is 83.2 Å². The Bertz CT molecular complexity index is 991. The largest absolute Gasteiger partial charge is 0.416 e. The third kappa shape index (κ3) is 8.65. The molecule has 0 atom stereocenters. The minimum absolute atomic E-state index is 0.0776. The van der Waals surface area contributed by atoms with Crippen molar-refractivity contribution in [2.45, 2.75) is 58.0 Å². The van der Waals surface area contributed by atoms with E-state index in [-0.39, 0.29) is 35.2 Å². The summed E-state index contributed by atoms with van der Waals surface area (Å²) in [4.78, 5) is 14.2. The number of anilines is 1. The average Bonchev–Trinajstić information content (AvgIpc) is 2.67. The average molecular weight is 607 g/mol. The summed E-state index contributed by atoms with van der Waals surface area (Å²) in [6.07, 6.45) is -4.43. The van der Waals surface area contributed by atoms with Gasteiger partial charge in [-0.2, -0.15) is 13.2 Å². The molecule has 9 heteroatoms. The SMILES string of the molecule is CN(CCO[Si](C)(C)C(C)(C)C)Cc1ccc(NC(=O)Cc2cccc(I)c2)cc1C(F)(F)F. The van der Waals surface area contributed by atoms with Gasteiger partial charge in [-0.25, -0.2) is 0 Å². The standard InChI is InChI=1S/C25H34F3IN2O2Si/c1-24(2,3)34(5,6)33-13-12-31(4)17-19-10-11-21(16-22(19)25(26,27)28)30-23(32)15-18-8-7-9-20(29)14-18/h7-11,14,16H,12-13,15,17H2,1-6H3,(H,30,32). The molecule has 0 aliphatic rings. The lowest BCUT2D eigenvalue weighted by atomic mass is 10.0. The van der Waals surface area contributed by atoms with Crippen molar-refractivity contribution in [3.05, 3.63) is 62.7 Å². The molecule has 0 bridgehead atoms. The van der Waals surface area contributed by atoms with E-state index in [1.165, 1.54) is 12.1 Å². The molecule has 34 heavy (non-hydrogen) atoms. The normalized spacial score (nSPS) is 12.8. The number of alkyl halides is 3. The number of hydrogen-bond donors (Lipinski definition) is 1. The molecule has 0 spiro atoms. The Morgan fingerprint density at radius 1 is 1.12 bits per heavy atom. The Labute approximate surface area is 215 Å². The molecule has 2 aromatic carbocycles. The zero-order valence-corrected chi connectivity index (χ0v) is 23.8. The van der Waals surface area contributed by atoms with E-state index in [1.54, 1.807) is 7.05 Å². The van der Waals surface area contributed by atoms with Crippen LogP contribution in [0.2, 0.25) is 18.1 Å². The number of likely N-dealkylation sites (N-methyl/N-ethyl adjacent to an activating group) is 1. The molecule has 0 saturated heterocycles. The third-order valence-corrected chi connectivity index (χ3v) is 11.3. The molecule has 0 heterocycles. The third-order valence-electron chi connectivity index (χ3n) is 6.14. The lowest BCUT2D eigenvalue weighted by Gasteiger charge is -2.36. The molecule has 4 nitrogen and oxygen atoms in total. The highest BCUT2D eigenvalue weighted by atomic mass is 127. The van der Waals surface area contributed by atoms with E-state index >= 15 is 0 Å². The maximum absolute atomic E-state index is 13.8. The van der Waals surface area contributed by atoms with Gasteiger partial charge in [0.1, 0.15) is 0 Å². The molecular formula is C25H34F3IN2O2Si. The van der Waals surface area contributed by atoms with Crippen molar-refractivity contribution in [2.24, 2.45) is 0 Å². The van der Waals surface area contributed by atoms with E-state index in [0.717, 1.165) is 15.2 Å². The van der Waals surface area contributed by atoms with Gasteiger partial charge in [-0.1, -0.05) is 39.0 Å². The molecule has 1 amide bonds. The maximum atomic E-state index is 13.8. The molecule has 0 aromatic heterocycles. The fourth-order valence-electron chi connectivity index (χ4n) is 3.14. The first-order valence-electron chi connectivity index (χ1n) is 11.2. The summed E-state index contributed by atoms with van der Waals surface area (Å²) in [7, 11) is -0.123. The number of hydrogen-bond acceptors (Lipinski definition) is 3. The molecule has 0 saturated carbocycles. The van der Waals surface area contributed by atoms with Crippen LogP contribution in [-0.2, 0) is 28.4 Å². The molecule has 0 aliphatic heterocycles. The first kappa shape index (κ1) is 28.8. The smallest absolute Gasteiger partial charge is 0.416 e. The van der Waals surface area contributed by atoms with Crippen LogP contribution in [0.25, 0.3) is 0 Å². The maximum Gasteiger partial charge on any atom is 0.416 e. The number of nitrogens with zero attached hydrogens (tertiary/aromatic N) is 1. The lowest BCUT2D eigenvalue weighted by molar-refractivity contribution is -0.138. The van der Waals surface area contributed by atoms with Gasteiger partial charge in [0.15, 0.2) is 8.32 Å². The van der Waals surface area contributed by atoms with Gasteiger partial charge in [-0.3, -0.25) is 9.69 Å². The molecule has 188 valence electrons. The van der Waals surface area contributed by atoms with Crippen molar-refractivity contribution in [3.8, 4) is 0 Å². The molecule has 0 unspecified atom stereocenters. The topological polar surface area (TPSA) is 41.6 Å². The minimum atomic E-state index is -4.52. The Balaban J connectivity index is 2.05. The number of nitrogens with one attached hydrogen (secondary N) is 1. The molecule has 0 fully saturated rings. The molecule has 0 radical (unpaired) electrons. The van der Waals surface area contributed by atoms with Gasteiger partial charge in [0.05, 0.1) is 12.0 Å². The zero-order chi connectivity index (χ0) is 25.7. The van der Waals surface area contributed by atoms with Gasteiger partial charge in [-0.15, -0.1) is 0 Å². The number of halogens is 4. The fourth-order valence-corrected chi connectivity index (χ4v) is 4.78. The molecule has 1 N–H and O–H groups in total. The molecule has 0 aliphatic carbocycles. The second kappa shape index (κ2) is 11.5. The first-order valence-corrected chi connectivity index (χ1v) is 15.1. The highest BCUT2D eigenvalue weighted by Crippen LogP contribution is 2.37. The van der Waals surface area contributed by atoms with Gasteiger partial charge >= 0.3 is 6.18 Å². The van der Waals surface area contributed by atoms with Crippen LogP contribution >= 0.6 is 22.6 Å². The highest BCUT2D eigenvalue weighted by molar-refractivity contribution is 14.1. The monoisotopic (exact) mass is 606 g/mol. The number of benzene rings is 2. The predicted molar refractivity (Wildman–Crippen MR) is 142 cm³/mol. The van der Waals surface area contributed by atoms with E-state index in [4.69, 9.17) is 4.43 Å². The first-order chi connectivity index (χ1) is 15.6. The van der Waals surface area contributed by atoms with Crippen LogP contribution in [0.4, 0.5) is 18.9 Å². The van der Waals surface area contributed by atoms with Crippen LogP contribution in [0.3, 0.4) is 0 Å². The van der Waals surface area contributed by atoms with Crippen molar-refractivity contribution in [3.63, 3.8) is 0 Å². The summed E-state index contributed by atoms with van der Waals surface area (Å²) in [6, 6.07) is 11.4. The Morgan fingerprint density at radius 3 is 2.38 bits per heavy atom. The quantitative estimate of drug-likeness (QED) is 0.248. The lowest BCUT2D eigenvalue weighted by Crippen LogP contribution is -2.42. The van der Waals surface area contributed by atoms with Crippen molar-refractivity contribution in [1.82, 2.24) is 4.90 Å². The van der Waals surface area contributed by atoms with Crippen molar-refractivity contribution >= 4 is 42.5 Å². The molecular weight excluding hydrogens is 572 g/mol. The van der Waals surface area contributed by atoms with E-state index < -0.39 is 20.1 Å². The van der Waals surface area contributed by atoms with Crippen LogP contribution < -0.4 is 5.32 Å². The van der Waals surface area contributed by atoms with E-state index in [0.29, 0.717) is 13.2 Å². The van der Waals surface area contributed by atoms with Crippen LogP contribution in [0.5, 0.6) is 0 Å². The summed E-state index contributed by atoms with van der Waals surface area (Å²) >= 11 is 2.15. The van der Waals surface area contributed by atoms with Crippen LogP contribution in [-0.4, -0.2) is 39.3 Å². The zero-order valence-electron chi connectivity index (χ0n) is 20.6. The van der Waals surface area contributed by atoms with Crippen molar-refractivity contribution in [1.29, 1.82) is 0 Å². The van der Waals surface area contributed by atoms with Gasteiger partial charge in [0, 0.05) is 29.0 Å². The van der Waals surface area contributed by atoms with Crippen LogP contribution in [0.1, 0.15) is 37.5 Å². The van der Waals surface area contributed by atoms with Crippen LogP contribution in [0.15, 0.2) is 42.5 Å². The van der Waals surface area contributed by atoms with Gasteiger partial charge < -0.3 is 9.74 Å². The number of rotatable bonds is 9. The molecule has 2 rings (SSSR count). The van der Waals surface area contributed by atoms with E-state index in [9.17, 15) is 18.0 Å². The Hall–Kier alpha value is -1.43. The van der Waals surface area contributed by atoms with Crippen molar-refractivity contribution in [2.75, 3.05) is 25.5 Å². The van der Waals surface area contributed by atoms with E-state index in [2.05, 4.69) is 61.8 Å². The van der Waals surface area contributed by atoms with Crippen LogP contribution in [0, 0.1) is 3.57 Å². The molecule has 2 aromatic rings. The number of carbonyl (C=O) groups is 1. The number of amides is 1. The second-order valence-electron chi connectivity index (χ2n) is 10.1. The predicted octanol–water partition coefficient (Wildman–Crippen LogP) is 6.94. The van der Waals surface area contributed by atoms with Crippen molar-refractivity contribution < 1.29 is 22.4 Å². The summed E-state index contributed by atoms with van der Waals surface area (Å²) in [5.41, 5.74) is 0.365. The minimum Gasteiger partial charge on any atom is -0.416 e. The summed E-state index contributed by atoms with van der Waals surface area (Å²) in [5.74, 6) is -0.359. The number of carbonyl (C=O) groups excluding carboxylic acids is 1. The fraction of sp³-hybridized carbons (Fsp3) is 0.480. The summed E-state index contributed by atoms with van der Waals surface area (Å²) < 4.78 is 48.5. The Kier molecular flexibility index (Phi) is 9.77. The summed E-state index contributed by atoms with van der Waals surface area (Å²) in [5, 5.41) is 2.68. The highest BCUT2D eigenvalue weighted by Gasteiger charge is 2.37. The van der Waals surface area contributed by atoms with E-state index in [1.807, 2.05) is 29.2 Å². The summed E-state index contributed by atoms with van der Waals surface area (Å²) in [6.45, 7) is 11.9. The van der Waals surface area contributed by atoms with Gasteiger partial charge in [0.25, 0.3) is 0 Å².